The molecule has 1 aliphatic rings. The number of rotatable bonds is 5. The topological polar surface area (TPSA) is 89.3 Å². The Hall–Kier alpha value is -3.21. The predicted molar refractivity (Wildman–Crippen MR) is 124 cm³/mol. The van der Waals surface area contributed by atoms with Crippen molar-refractivity contribution in [3.63, 3.8) is 0 Å². The van der Waals surface area contributed by atoms with Crippen molar-refractivity contribution < 1.29 is 23.4 Å². The van der Waals surface area contributed by atoms with Gasteiger partial charge in [-0.3, -0.25) is 9.48 Å². The zero-order valence-corrected chi connectivity index (χ0v) is 19.1. The van der Waals surface area contributed by atoms with Gasteiger partial charge in [0.1, 0.15) is 17.3 Å². The Kier molecular flexibility index (Phi) is 6.11. The number of hydrogen-bond acceptors (Lipinski definition) is 6. The van der Waals surface area contributed by atoms with E-state index in [2.05, 4.69) is 15.4 Å². The minimum atomic E-state index is -0.802. The maximum absolute atomic E-state index is 15.0. The molecule has 4 aromatic rings. The van der Waals surface area contributed by atoms with Gasteiger partial charge < -0.3 is 15.2 Å². The van der Waals surface area contributed by atoms with Crippen molar-refractivity contribution >= 4 is 27.5 Å². The van der Waals surface area contributed by atoms with Crippen LogP contribution in [0.15, 0.2) is 42.0 Å². The number of hydrogen-bond donors (Lipinski definition) is 2. The number of halogens is 2. The molecular weight excluding hydrogens is 462 g/mol. The molecule has 0 radical (unpaired) electrons. The van der Waals surface area contributed by atoms with Crippen molar-refractivity contribution in [2.75, 3.05) is 13.2 Å². The first-order chi connectivity index (χ1) is 16.4. The van der Waals surface area contributed by atoms with E-state index in [0.717, 1.165) is 4.70 Å². The molecule has 2 N–H and O–H groups in total. The molecule has 176 valence electrons. The number of thiophene rings is 1. The Morgan fingerprint density at radius 3 is 2.79 bits per heavy atom. The number of nitrogens with one attached hydrogen (secondary N) is 1. The summed E-state index contributed by atoms with van der Waals surface area (Å²) in [6.07, 6.45) is 2.88. The fourth-order valence-electron chi connectivity index (χ4n) is 4.10. The molecule has 0 bridgehead atoms. The van der Waals surface area contributed by atoms with Gasteiger partial charge in [0.05, 0.1) is 35.2 Å². The van der Waals surface area contributed by atoms with Crippen molar-refractivity contribution in [1.29, 1.82) is 0 Å². The van der Waals surface area contributed by atoms with E-state index in [1.54, 1.807) is 36.3 Å². The van der Waals surface area contributed by atoms with Gasteiger partial charge in [-0.1, -0.05) is 0 Å². The zero-order chi connectivity index (χ0) is 23.8. The standard InChI is InChI=1S/C24H22F2N4O3S/c1-30-11-15(10-27-30)13-7-17(25)16(18(26)8-13)6-14-9-21(28-20-3-5-34-23(14)20)24(32)29-19-2-4-33-12-22(19)31/h3,5,7-11,19,22,31H,2,4,6,12H2,1H3,(H,29,32)/t19-,22-/m0/s1. The smallest absolute Gasteiger partial charge is 0.270 e. The lowest BCUT2D eigenvalue weighted by Gasteiger charge is -2.28. The number of nitrogens with zero attached hydrogens (tertiary/aromatic N) is 3. The van der Waals surface area contributed by atoms with Crippen LogP contribution >= 0.6 is 11.3 Å². The van der Waals surface area contributed by atoms with E-state index < -0.39 is 29.7 Å². The maximum Gasteiger partial charge on any atom is 0.270 e. The number of pyridine rings is 1. The monoisotopic (exact) mass is 484 g/mol. The van der Waals surface area contributed by atoms with Crippen LogP contribution in [0, 0.1) is 11.6 Å². The maximum atomic E-state index is 15.0. The molecule has 34 heavy (non-hydrogen) atoms. The highest BCUT2D eigenvalue weighted by Crippen LogP contribution is 2.30. The van der Waals surface area contributed by atoms with Crippen LogP contribution in [-0.4, -0.2) is 51.1 Å². The predicted octanol–water partition coefficient (Wildman–Crippen LogP) is 3.45. The fourth-order valence-corrected chi connectivity index (χ4v) is 4.95. The number of amides is 1. The summed E-state index contributed by atoms with van der Waals surface area (Å²) in [5.74, 6) is -1.79. The van der Waals surface area contributed by atoms with Crippen molar-refractivity contribution in [1.82, 2.24) is 20.1 Å². The van der Waals surface area contributed by atoms with Gasteiger partial charge >= 0.3 is 0 Å². The molecule has 0 saturated carbocycles. The first-order valence-corrected chi connectivity index (χ1v) is 11.7. The van der Waals surface area contributed by atoms with Crippen molar-refractivity contribution in [3.05, 3.63) is 70.5 Å². The number of carbonyl (C=O) groups excluding carboxylic acids is 1. The Balaban J connectivity index is 1.46. The van der Waals surface area contributed by atoms with Crippen LogP contribution in [0.1, 0.15) is 28.0 Å². The summed E-state index contributed by atoms with van der Waals surface area (Å²) < 4.78 is 37.6. The van der Waals surface area contributed by atoms with Crippen LogP contribution in [0.4, 0.5) is 8.78 Å². The average Bonchev–Trinajstić information content (AvgIpc) is 3.46. The van der Waals surface area contributed by atoms with E-state index in [-0.39, 0.29) is 24.3 Å². The van der Waals surface area contributed by atoms with Crippen LogP contribution in [0.2, 0.25) is 0 Å². The molecule has 5 rings (SSSR count). The SMILES string of the molecule is Cn1cc(-c2cc(F)c(Cc3cc(C(=O)N[C@H]4CCOC[C@@H]4O)nc4ccsc34)c(F)c2)cn1. The van der Waals surface area contributed by atoms with E-state index >= 15 is 8.78 Å². The Morgan fingerprint density at radius 1 is 1.29 bits per heavy atom. The molecule has 2 atom stereocenters. The molecule has 7 nitrogen and oxygen atoms in total. The van der Waals surface area contributed by atoms with E-state index in [0.29, 0.717) is 35.2 Å². The third-order valence-corrected chi connectivity index (χ3v) is 6.89. The van der Waals surface area contributed by atoms with Gasteiger partial charge in [0, 0.05) is 37.4 Å². The minimum absolute atomic E-state index is 0.0370. The Bertz CT molecular complexity index is 1350. The second-order valence-electron chi connectivity index (χ2n) is 8.31. The molecule has 3 aromatic heterocycles. The minimum Gasteiger partial charge on any atom is -0.389 e. The normalized spacial score (nSPS) is 18.4. The number of aromatic nitrogens is 3. The van der Waals surface area contributed by atoms with Gasteiger partial charge in [-0.15, -0.1) is 11.3 Å². The molecular formula is C24H22F2N4O3S. The lowest BCUT2D eigenvalue weighted by atomic mass is 9.99. The number of aliphatic hydroxyl groups is 1. The second kappa shape index (κ2) is 9.21. The summed E-state index contributed by atoms with van der Waals surface area (Å²) in [6, 6.07) is 5.47. The summed E-state index contributed by atoms with van der Waals surface area (Å²) in [5.41, 5.74) is 2.24. The molecule has 1 saturated heterocycles. The highest BCUT2D eigenvalue weighted by Gasteiger charge is 2.26. The van der Waals surface area contributed by atoms with E-state index in [9.17, 15) is 9.90 Å². The number of carbonyl (C=O) groups is 1. The van der Waals surface area contributed by atoms with Gasteiger partial charge in [0.25, 0.3) is 5.91 Å². The fraction of sp³-hybridized carbons (Fsp3) is 0.292. The summed E-state index contributed by atoms with van der Waals surface area (Å²) in [4.78, 5) is 17.3. The van der Waals surface area contributed by atoms with Crippen molar-refractivity contribution in [2.45, 2.75) is 25.0 Å². The average molecular weight is 485 g/mol. The lowest BCUT2D eigenvalue weighted by Crippen LogP contribution is -2.48. The number of aryl methyl sites for hydroxylation is 1. The van der Waals surface area contributed by atoms with Crippen molar-refractivity contribution in [3.8, 4) is 11.1 Å². The molecule has 4 heterocycles. The van der Waals surface area contributed by atoms with Gasteiger partial charge in [0.2, 0.25) is 0 Å². The summed E-state index contributed by atoms with van der Waals surface area (Å²) >= 11 is 1.40. The molecule has 1 aliphatic heterocycles. The number of aliphatic hydroxyl groups excluding tert-OH is 1. The van der Waals surface area contributed by atoms with Crippen LogP contribution in [0.3, 0.4) is 0 Å². The van der Waals surface area contributed by atoms with Crippen LogP contribution in [-0.2, 0) is 18.2 Å². The van der Waals surface area contributed by atoms with Gasteiger partial charge in [-0.2, -0.15) is 5.10 Å². The summed E-state index contributed by atoms with van der Waals surface area (Å²) in [5, 5.41) is 18.7. The molecule has 1 aromatic carbocycles. The van der Waals surface area contributed by atoms with Crippen LogP contribution in [0.25, 0.3) is 21.3 Å². The second-order valence-corrected chi connectivity index (χ2v) is 9.23. The molecule has 0 spiro atoms. The largest absolute Gasteiger partial charge is 0.389 e. The van der Waals surface area contributed by atoms with Crippen LogP contribution in [0.5, 0.6) is 0 Å². The van der Waals surface area contributed by atoms with Gasteiger partial charge in [0.15, 0.2) is 0 Å². The number of fused-ring (bicyclic) bond motifs is 1. The first-order valence-electron chi connectivity index (χ1n) is 10.8. The third kappa shape index (κ3) is 4.44. The summed E-state index contributed by atoms with van der Waals surface area (Å²) in [7, 11) is 1.73. The Labute approximate surface area is 198 Å². The lowest BCUT2D eigenvalue weighted by molar-refractivity contribution is -0.0261. The highest BCUT2D eigenvalue weighted by atomic mass is 32.1. The summed E-state index contributed by atoms with van der Waals surface area (Å²) in [6.45, 7) is 0.596. The van der Waals surface area contributed by atoms with Crippen LogP contribution < -0.4 is 5.32 Å². The Morgan fingerprint density at radius 2 is 2.09 bits per heavy atom. The van der Waals surface area contributed by atoms with Gasteiger partial charge in [-0.25, -0.2) is 13.8 Å². The first kappa shape index (κ1) is 22.6. The third-order valence-electron chi connectivity index (χ3n) is 5.91. The number of ether oxygens (including phenoxy) is 1. The van der Waals surface area contributed by atoms with E-state index in [1.807, 2.05) is 5.38 Å². The number of benzene rings is 1. The van der Waals surface area contributed by atoms with E-state index in [4.69, 9.17) is 4.74 Å². The van der Waals surface area contributed by atoms with Gasteiger partial charge in [-0.05, 0) is 47.2 Å². The van der Waals surface area contributed by atoms with Crippen molar-refractivity contribution in [2.24, 2.45) is 7.05 Å². The zero-order valence-electron chi connectivity index (χ0n) is 18.3. The highest BCUT2D eigenvalue weighted by molar-refractivity contribution is 7.17. The molecule has 1 amide bonds. The molecule has 10 heteroatoms. The molecule has 1 fully saturated rings. The molecule has 0 aliphatic carbocycles. The molecule has 0 unspecified atom stereocenters. The quantitative estimate of drug-likeness (QED) is 0.453. The van der Waals surface area contributed by atoms with E-state index in [1.165, 1.54) is 23.5 Å².